The first-order valence-corrected chi connectivity index (χ1v) is 6.81. The van der Waals surface area contributed by atoms with E-state index in [1.807, 2.05) is 0 Å². The Balaban J connectivity index is 1.99. The van der Waals surface area contributed by atoms with Crippen molar-refractivity contribution in [3.05, 3.63) is 18.3 Å². The molecule has 0 spiro atoms. The summed E-state index contributed by atoms with van der Waals surface area (Å²) in [5.74, 6) is 0.741. The van der Waals surface area contributed by atoms with E-state index in [0.29, 0.717) is 5.69 Å². The second-order valence-corrected chi connectivity index (χ2v) is 4.62. The fourth-order valence-corrected chi connectivity index (χ4v) is 2.16. The average Bonchev–Trinajstić information content (AvgIpc) is 2.54. The number of pyridine rings is 1. The van der Waals surface area contributed by atoms with Gasteiger partial charge in [-0.2, -0.15) is 0 Å². The van der Waals surface area contributed by atoms with E-state index in [1.54, 1.807) is 18.3 Å². The number of amides is 3. The Hall–Kier alpha value is -2.51. The van der Waals surface area contributed by atoms with Gasteiger partial charge in [-0.15, -0.1) is 0 Å². The number of hydrogen-bond acceptors (Lipinski definition) is 5. The molecule has 0 aliphatic carbocycles. The van der Waals surface area contributed by atoms with Crippen molar-refractivity contribution in [3.63, 3.8) is 0 Å². The number of piperidine rings is 1. The van der Waals surface area contributed by atoms with Crippen molar-refractivity contribution in [1.29, 1.82) is 0 Å². The van der Waals surface area contributed by atoms with Crippen LogP contribution in [0.25, 0.3) is 0 Å². The molecule has 3 N–H and O–H groups in total. The first kappa shape index (κ1) is 14.9. The van der Waals surface area contributed by atoms with E-state index in [4.69, 9.17) is 0 Å². The first-order chi connectivity index (χ1) is 10.2. The Morgan fingerprint density at radius 1 is 1.24 bits per heavy atom. The van der Waals surface area contributed by atoms with Gasteiger partial charge in [-0.3, -0.25) is 0 Å². The summed E-state index contributed by atoms with van der Waals surface area (Å²) in [5.41, 5.74) is 4.89. The standard InChI is InChI=1S/C13H19N5O3/c1-21-13(20)17-16-12(19)15-10-6-5-7-14-11(10)18-8-3-2-4-9-18/h5-7H,2-4,8-9H2,1H3,(H,17,20)(H2,15,16,19). The minimum Gasteiger partial charge on any atom is -0.452 e. The maximum atomic E-state index is 11.7. The molecule has 0 unspecified atom stereocenters. The maximum Gasteiger partial charge on any atom is 0.425 e. The third-order valence-corrected chi connectivity index (χ3v) is 3.15. The Bertz CT molecular complexity index is 502. The molecule has 21 heavy (non-hydrogen) atoms. The molecule has 1 aromatic heterocycles. The van der Waals surface area contributed by atoms with E-state index in [-0.39, 0.29) is 0 Å². The summed E-state index contributed by atoms with van der Waals surface area (Å²) >= 11 is 0. The van der Waals surface area contributed by atoms with Crippen LogP contribution in [0.1, 0.15) is 19.3 Å². The van der Waals surface area contributed by atoms with Crippen LogP contribution in [-0.2, 0) is 4.74 Å². The van der Waals surface area contributed by atoms with Gasteiger partial charge < -0.3 is 15.0 Å². The van der Waals surface area contributed by atoms with Gasteiger partial charge in [-0.25, -0.2) is 25.4 Å². The van der Waals surface area contributed by atoms with E-state index in [9.17, 15) is 9.59 Å². The number of rotatable bonds is 2. The zero-order valence-corrected chi connectivity index (χ0v) is 11.9. The van der Waals surface area contributed by atoms with E-state index >= 15 is 0 Å². The summed E-state index contributed by atoms with van der Waals surface area (Å²) < 4.78 is 4.36. The number of urea groups is 1. The van der Waals surface area contributed by atoms with Gasteiger partial charge in [-0.05, 0) is 31.4 Å². The second-order valence-electron chi connectivity index (χ2n) is 4.62. The fourth-order valence-electron chi connectivity index (χ4n) is 2.16. The van der Waals surface area contributed by atoms with E-state index in [2.05, 4.69) is 30.8 Å². The number of aromatic nitrogens is 1. The minimum absolute atomic E-state index is 0.563. The Labute approximate surface area is 122 Å². The van der Waals surface area contributed by atoms with E-state index < -0.39 is 12.1 Å². The number of carbonyl (C=O) groups is 2. The van der Waals surface area contributed by atoms with Gasteiger partial charge in [-0.1, -0.05) is 0 Å². The highest BCUT2D eigenvalue weighted by Gasteiger charge is 2.16. The van der Waals surface area contributed by atoms with Gasteiger partial charge in [0.15, 0.2) is 5.82 Å². The average molecular weight is 293 g/mol. The number of nitrogens with one attached hydrogen (secondary N) is 3. The van der Waals surface area contributed by atoms with Gasteiger partial charge in [0.25, 0.3) is 0 Å². The molecule has 3 amide bonds. The summed E-state index contributed by atoms with van der Waals surface area (Å²) in [6.45, 7) is 1.85. The van der Waals surface area contributed by atoms with Gasteiger partial charge in [0.05, 0.1) is 12.8 Å². The quantitative estimate of drug-likeness (QED) is 0.718. The van der Waals surface area contributed by atoms with E-state index in [0.717, 1.165) is 31.7 Å². The Kier molecular flexibility index (Phi) is 5.19. The molecule has 0 saturated carbocycles. The summed E-state index contributed by atoms with van der Waals surface area (Å²) in [6, 6.07) is 2.96. The van der Waals surface area contributed by atoms with Crippen LogP contribution in [0.4, 0.5) is 21.1 Å². The smallest absolute Gasteiger partial charge is 0.425 e. The largest absolute Gasteiger partial charge is 0.452 e. The lowest BCUT2D eigenvalue weighted by molar-refractivity contribution is 0.166. The molecule has 1 aromatic rings. The predicted octanol–water partition coefficient (Wildman–Crippen LogP) is 1.46. The molecule has 0 radical (unpaired) electrons. The molecule has 0 aromatic carbocycles. The number of carbonyl (C=O) groups excluding carboxylic acids is 2. The van der Waals surface area contributed by atoms with Gasteiger partial charge in [0.1, 0.15) is 0 Å². The summed E-state index contributed by atoms with van der Waals surface area (Å²) in [4.78, 5) is 29.1. The zero-order valence-electron chi connectivity index (χ0n) is 11.9. The third kappa shape index (κ3) is 4.23. The molecule has 8 nitrogen and oxygen atoms in total. The van der Waals surface area contributed by atoms with Crippen molar-refractivity contribution in [2.24, 2.45) is 0 Å². The molecule has 0 bridgehead atoms. The number of anilines is 2. The highest BCUT2D eigenvalue weighted by Crippen LogP contribution is 2.25. The van der Waals surface area contributed by atoms with Gasteiger partial charge in [0, 0.05) is 19.3 Å². The van der Waals surface area contributed by atoms with Crippen molar-refractivity contribution in [1.82, 2.24) is 15.8 Å². The summed E-state index contributed by atoms with van der Waals surface area (Å²) in [7, 11) is 1.21. The molecule has 1 fully saturated rings. The number of nitrogens with zero attached hydrogens (tertiary/aromatic N) is 2. The van der Waals surface area contributed by atoms with Crippen LogP contribution in [0.5, 0.6) is 0 Å². The lowest BCUT2D eigenvalue weighted by atomic mass is 10.1. The van der Waals surface area contributed by atoms with Crippen LogP contribution in [0, 0.1) is 0 Å². The predicted molar refractivity (Wildman–Crippen MR) is 78.0 cm³/mol. The third-order valence-electron chi connectivity index (χ3n) is 3.15. The van der Waals surface area contributed by atoms with Crippen molar-refractivity contribution in [3.8, 4) is 0 Å². The van der Waals surface area contributed by atoms with Crippen LogP contribution in [0.2, 0.25) is 0 Å². The van der Waals surface area contributed by atoms with Crippen molar-refractivity contribution < 1.29 is 14.3 Å². The molecule has 2 heterocycles. The van der Waals surface area contributed by atoms with Crippen molar-refractivity contribution >= 4 is 23.6 Å². The Morgan fingerprint density at radius 2 is 2.00 bits per heavy atom. The SMILES string of the molecule is COC(=O)NNC(=O)Nc1cccnc1N1CCCCC1. The van der Waals surface area contributed by atoms with Crippen LogP contribution in [-0.4, -0.2) is 37.3 Å². The summed E-state index contributed by atoms with van der Waals surface area (Å²) in [6.07, 6.45) is 4.40. The molecule has 1 aliphatic rings. The van der Waals surface area contributed by atoms with Crippen LogP contribution < -0.4 is 21.1 Å². The van der Waals surface area contributed by atoms with Crippen molar-refractivity contribution in [2.75, 3.05) is 30.4 Å². The number of ether oxygens (including phenoxy) is 1. The molecule has 114 valence electrons. The normalized spacial score (nSPS) is 14.2. The monoisotopic (exact) mass is 293 g/mol. The van der Waals surface area contributed by atoms with Crippen LogP contribution >= 0.6 is 0 Å². The van der Waals surface area contributed by atoms with Crippen molar-refractivity contribution in [2.45, 2.75) is 19.3 Å². The van der Waals surface area contributed by atoms with Gasteiger partial charge in [0.2, 0.25) is 0 Å². The lowest BCUT2D eigenvalue weighted by Gasteiger charge is -2.29. The number of hydrazine groups is 1. The molecular weight excluding hydrogens is 274 g/mol. The Morgan fingerprint density at radius 3 is 2.71 bits per heavy atom. The fraction of sp³-hybridized carbons (Fsp3) is 0.462. The number of hydrogen-bond donors (Lipinski definition) is 3. The summed E-state index contributed by atoms with van der Waals surface area (Å²) in [5, 5.41) is 2.66. The highest BCUT2D eigenvalue weighted by atomic mass is 16.5. The maximum absolute atomic E-state index is 11.7. The van der Waals surface area contributed by atoms with Crippen LogP contribution in [0.15, 0.2) is 18.3 Å². The number of methoxy groups -OCH3 is 1. The molecule has 2 rings (SSSR count). The molecular formula is C13H19N5O3. The molecule has 1 saturated heterocycles. The zero-order chi connectivity index (χ0) is 15.1. The highest BCUT2D eigenvalue weighted by molar-refractivity contribution is 5.93. The molecule has 8 heteroatoms. The molecule has 0 atom stereocenters. The second kappa shape index (κ2) is 7.32. The van der Waals surface area contributed by atoms with E-state index in [1.165, 1.54) is 13.5 Å². The lowest BCUT2D eigenvalue weighted by Crippen LogP contribution is -2.44. The molecule has 1 aliphatic heterocycles. The first-order valence-electron chi connectivity index (χ1n) is 6.81. The topological polar surface area (TPSA) is 95.6 Å². The van der Waals surface area contributed by atoms with Crippen LogP contribution in [0.3, 0.4) is 0 Å². The van der Waals surface area contributed by atoms with Gasteiger partial charge >= 0.3 is 12.1 Å². The minimum atomic E-state index is -0.743.